The summed E-state index contributed by atoms with van der Waals surface area (Å²) in [6.45, 7) is 2.03. The van der Waals surface area contributed by atoms with Crippen molar-refractivity contribution in [3.8, 4) is 0 Å². The van der Waals surface area contributed by atoms with Gasteiger partial charge in [-0.25, -0.2) is 0 Å². The number of carbonyl (C=O) groups excluding carboxylic acids is 1. The Kier molecular flexibility index (Phi) is 4.30. The van der Waals surface area contributed by atoms with Gasteiger partial charge in [0.1, 0.15) is 0 Å². The zero-order valence-corrected chi connectivity index (χ0v) is 11.5. The fourth-order valence-electron chi connectivity index (χ4n) is 2.32. The highest BCUT2D eigenvalue weighted by atomic mass is 32.2. The van der Waals surface area contributed by atoms with Crippen molar-refractivity contribution >= 4 is 17.7 Å². The summed E-state index contributed by atoms with van der Waals surface area (Å²) in [6.07, 6.45) is 2.61. The molecule has 0 saturated carbocycles. The van der Waals surface area contributed by atoms with Crippen LogP contribution in [0.2, 0.25) is 0 Å². The van der Waals surface area contributed by atoms with Crippen LogP contribution in [0.4, 0.5) is 0 Å². The van der Waals surface area contributed by atoms with Crippen molar-refractivity contribution in [1.29, 1.82) is 0 Å². The molecule has 0 aromatic heterocycles. The molecule has 0 fully saturated rings. The van der Waals surface area contributed by atoms with Crippen LogP contribution in [-0.4, -0.2) is 28.6 Å². The normalized spacial score (nSPS) is 23.5. The minimum Gasteiger partial charge on any atom is -0.390 e. The van der Waals surface area contributed by atoms with Crippen LogP contribution in [0.25, 0.3) is 0 Å². The third kappa shape index (κ3) is 2.87. The first kappa shape index (κ1) is 13.4. The van der Waals surface area contributed by atoms with Crippen molar-refractivity contribution in [3.05, 3.63) is 35.4 Å². The van der Waals surface area contributed by atoms with Crippen LogP contribution in [0.15, 0.2) is 24.3 Å². The number of carbonyl (C=O) groups is 1. The Hall–Kier alpha value is -1.00. The van der Waals surface area contributed by atoms with Crippen LogP contribution < -0.4 is 5.32 Å². The quantitative estimate of drug-likeness (QED) is 0.874. The SMILES string of the molecule is CSC(C)CC(=O)NC1c2ccccc2CC1O. The van der Waals surface area contributed by atoms with Gasteiger partial charge in [0.25, 0.3) is 0 Å². The molecule has 0 spiro atoms. The third-order valence-electron chi connectivity index (χ3n) is 3.40. The molecule has 4 heteroatoms. The number of hydrogen-bond acceptors (Lipinski definition) is 3. The molecule has 1 aromatic carbocycles. The highest BCUT2D eigenvalue weighted by Gasteiger charge is 2.31. The Labute approximate surface area is 112 Å². The summed E-state index contributed by atoms with van der Waals surface area (Å²) in [4.78, 5) is 11.9. The lowest BCUT2D eigenvalue weighted by atomic mass is 10.1. The molecule has 98 valence electrons. The van der Waals surface area contributed by atoms with E-state index in [1.165, 1.54) is 0 Å². The number of fused-ring (bicyclic) bond motifs is 1. The van der Waals surface area contributed by atoms with Crippen LogP contribution in [0.3, 0.4) is 0 Å². The molecule has 0 saturated heterocycles. The van der Waals surface area contributed by atoms with Crippen molar-refractivity contribution in [2.45, 2.75) is 37.2 Å². The number of benzene rings is 1. The van der Waals surface area contributed by atoms with Crippen LogP contribution >= 0.6 is 11.8 Å². The van der Waals surface area contributed by atoms with Gasteiger partial charge in [-0.3, -0.25) is 4.79 Å². The Bertz CT molecular complexity index is 436. The predicted octanol–water partition coefficient (Wildman–Crippen LogP) is 1.90. The van der Waals surface area contributed by atoms with E-state index in [1.807, 2.05) is 37.4 Å². The van der Waals surface area contributed by atoms with Crippen molar-refractivity contribution in [3.63, 3.8) is 0 Å². The molecule has 1 amide bonds. The second kappa shape index (κ2) is 5.76. The van der Waals surface area contributed by atoms with Gasteiger partial charge in [-0.1, -0.05) is 31.2 Å². The topological polar surface area (TPSA) is 49.3 Å². The molecule has 2 N–H and O–H groups in total. The summed E-state index contributed by atoms with van der Waals surface area (Å²) in [5.74, 6) is 0.0117. The number of rotatable bonds is 4. The highest BCUT2D eigenvalue weighted by molar-refractivity contribution is 7.99. The minimum absolute atomic E-state index is 0.0117. The van der Waals surface area contributed by atoms with E-state index in [1.54, 1.807) is 11.8 Å². The standard InChI is InChI=1S/C14H19NO2S/c1-9(18-2)7-13(17)15-14-11-6-4-3-5-10(11)8-12(14)16/h3-6,9,12,14,16H,7-8H2,1-2H3,(H,15,17). The largest absolute Gasteiger partial charge is 0.390 e. The number of thioether (sulfide) groups is 1. The maximum Gasteiger partial charge on any atom is 0.221 e. The first-order valence-corrected chi connectivity index (χ1v) is 7.48. The van der Waals surface area contributed by atoms with Gasteiger partial charge in [0.2, 0.25) is 5.91 Å². The molecule has 0 bridgehead atoms. The van der Waals surface area contributed by atoms with Crippen molar-refractivity contribution in [2.24, 2.45) is 0 Å². The maximum atomic E-state index is 11.9. The van der Waals surface area contributed by atoms with E-state index in [0.717, 1.165) is 11.1 Å². The Morgan fingerprint density at radius 1 is 1.56 bits per heavy atom. The first-order chi connectivity index (χ1) is 8.61. The molecular weight excluding hydrogens is 246 g/mol. The molecule has 2 rings (SSSR count). The molecule has 1 aliphatic carbocycles. The predicted molar refractivity (Wildman–Crippen MR) is 74.6 cm³/mol. The van der Waals surface area contributed by atoms with Crippen LogP contribution in [0.1, 0.15) is 30.5 Å². The Morgan fingerprint density at radius 2 is 2.28 bits per heavy atom. The number of nitrogens with one attached hydrogen (secondary N) is 1. The van der Waals surface area contributed by atoms with E-state index in [9.17, 15) is 9.90 Å². The number of aliphatic hydroxyl groups is 1. The van der Waals surface area contributed by atoms with E-state index in [0.29, 0.717) is 18.1 Å². The van der Waals surface area contributed by atoms with E-state index < -0.39 is 6.10 Å². The molecule has 1 aromatic rings. The average Bonchev–Trinajstić information content (AvgIpc) is 2.66. The summed E-state index contributed by atoms with van der Waals surface area (Å²) in [7, 11) is 0. The molecular formula is C14H19NO2S. The molecule has 0 aliphatic heterocycles. The zero-order valence-electron chi connectivity index (χ0n) is 10.7. The number of amides is 1. The average molecular weight is 265 g/mol. The lowest BCUT2D eigenvalue weighted by molar-refractivity contribution is -0.122. The van der Waals surface area contributed by atoms with Crippen molar-refractivity contribution in [2.75, 3.05) is 6.26 Å². The Morgan fingerprint density at radius 3 is 3.00 bits per heavy atom. The molecule has 3 unspecified atom stereocenters. The lowest BCUT2D eigenvalue weighted by Gasteiger charge is -2.19. The summed E-state index contributed by atoms with van der Waals surface area (Å²) in [6, 6.07) is 7.65. The monoisotopic (exact) mass is 265 g/mol. The molecule has 0 heterocycles. The number of hydrogen-bond donors (Lipinski definition) is 2. The molecule has 18 heavy (non-hydrogen) atoms. The lowest BCUT2D eigenvalue weighted by Crippen LogP contribution is -2.34. The van der Waals surface area contributed by atoms with Crippen molar-refractivity contribution < 1.29 is 9.90 Å². The molecule has 1 aliphatic rings. The van der Waals surface area contributed by atoms with Crippen LogP contribution in [0.5, 0.6) is 0 Å². The first-order valence-electron chi connectivity index (χ1n) is 6.20. The van der Waals surface area contributed by atoms with Gasteiger partial charge < -0.3 is 10.4 Å². The van der Waals surface area contributed by atoms with Gasteiger partial charge in [-0.2, -0.15) is 11.8 Å². The molecule has 3 atom stereocenters. The summed E-state index contributed by atoms with van der Waals surface area (Å²) in [5, 5.41) is 13.3. The number of aliphatic hydroxyl groups excluding tert-OH is 1. The van der Waals surface area contributed by atoms with E-state index >= 15 is 0 Å². The van der Waals surface area contributed by atoms with Gasteiger partial charge in [-0.05, 0) is 17.4 Å². The van der Waals surface area contributed by atoms with Gasteiger partial charge in [0, 0.05) is 18.1 Å². The minimum atomic E-state index is -0.504. The van der Waals surface area contributed by atoms with E-state index in [2.05, 4.69) is 5.32 Å². The van der Waals surface area contributed by atoms with Gasteiger partial charge >= 0.3 is 0 Å². The Balaban J connectivity index is 2.03. The maximum absolute atomic E-state index is 11.9. The fraction of sp³-hybridized carbons (Fsp3) is 0.500. The highest BCUT2D eigenvalue weighted by Crippen LogP contribution is 2.31. The van der Waals surface area contributed by atoms with Gasteiger partial charge in [0.05, 0.1) is 12.1 Å². The van der Waals surface area contributed by atoms with Gasteiger partial charge in [0.15, 0.2) is 0 Å². The van der Waals surface area contributed by atoms with Crippen LogP contribution in [-0.2, 0) is 11.2 Å². The summed E-state index contributed by atoms with van der Waals surface area (Å²) < 4.78 is 0. The van der Waals surface area contributed by atoms with Gasteiger partial charge in [-0.15, -0.1) is 0 Å². The molecule has 3 nitrogen and oxygen atoms in total. The summed E-state index contributed by atoms with van der Waals surface area (Å²) in [5.41, 5.74) is 2.18. The smallest absolute Gasteiger partial charge is 0.221 e. The fourth-order valence-corrected chi connectivity index (χ4v) is 2.64. The second-order valence-corrected chi connectivity index (χ2v) is 6.04. The zero-order chi connectivity index (χ0) is 13.1. The third-order valence-corrected chi connectivity index (χ3v) is 4.37. The molecule has 0 radical (unpaired) electrons. The second-order valence-electron chi connectivity index (χ2n) is 4.77. The summed E-state index contributed by atoms with van der Waals surface area (Å²) >= 11 is 1.67. The van der Waals surface area contributed by atoms with E-state index in [-0.39, 0.29) is 11.9 Å². The van der Waals surface area contributed by atoms with Crippen molar-refractivity contribution in [1.82, 2.24) is 5.32 Å². The van der Waals surface area contributed by atoms with Crippen LogP contribution in [0, 0.1) is 0 Å². The van der Waals surface area contributed by atoms with E-state index in [4.69, 9.17) is 0 Å².